The first-order valence-corrected chi connectivity index (χ1v) is 9.13. The summed E-state index contributed by atoms with van der Waals surface area (Å²) < 4.78 is 1.58. The molecule has 26 heavy (non-hydrogen) atoms. The number of nitrogens with one attached hydrogen (secondary N) is 2. The molecule has 6 heteroatoms. The predicted molar refractivity (Wildman–Crippen MR) is 104 cm³/mol. The summed E-state index contributed by atoms with van der Waals surface area (Å²) in [6, 6.07) is 15.3. The molecule has 0 saturated carbocycles. The average molecular weight is 365 g/mol. The Labute approximate surface area is 155 Å². The molecule has 1 aliphatic carbocycles. The van der Waals surface area contributed by atoms with Gasteiger partial charge in [-0.05, 0) is 54.7 Å². The fraction of sp³-hybridized carbons (Fsp3) is 0.250. The van der Waals surface area contributed by atoms with Crippen LogP contribution in [0.1, 0.15) is 30.0 Å². The highest BCUT2D eigenvalue weighted by Crippen LogP contribution is 2.29. The molecule has 5 nitrogen and oxygen atoms in total. The maximum Gasteiger partial charge on any atom is 0.262 e. The van der Waals surface area contributed by atoms with Gasteiger partial charge in [-0.3, -0.25) is 14.2 Å². The molecule has 1 amide bonds. The highest BCUT2D eigenvalue weighted by molar-refractivity contribution is 7.71. The number of aryl methyl sites for hydroxylation is 1. The van der Waals surface area contributed by atoms with Crippen LogP contribution in [0.15, 0.2) is 53.3 Å². The summed E-state index contributed by atoms with van der Waals surface area (Å²) in [6.07, 6.45) is 2.98. The van der Waals surface area contributed by atoms with E-state index in [2.05, 4.69) is 22.4 Å². The van der Waals surface area contributed by atoms with Gasteiger partial charge in [-0.15, -0.1) is 0 Å². The zero-order valence-corrected chi connectivity index (χ0v) is 15.0. The van der Waals surface area contributed by atoms with Crippen LogP contribution in [0.5, 0.6) is 0 Å². The lowest BCUT2D eigenvalue weighted by Gasteiger charge is -2.26. The number of hydrogen-bond donors (Lipinski definition) is 2. The van der Waals surface area contributed by atoms with Crippen molar-refractivity contribution in [1.82, 2.24) is 14.9 Å². The third-order valence-corrected chi connectivity index (χ3v) is 5.22. The third-order valence-electron chi connectivity index (χ3n) is 4.90. The number of carbonyl (C=O) groups is 1. The SMILES string of the molecule is O=C(Cn1c(=S)[nH]c2ccccc2c1=O)N[C@@H]1CCCc2ccccc21. The van der Waals surface area contributed by atoms with Gasteiger partial charge in [0.05, 0.1) is 16.9 Å². The summed E-state index contributed by atoms with van der Waals surface area (Å²) in [6.45, 7) is -0.0856. The fourth-order valence-electron chi connectivity index (χ4n) is 3.63. The number of amides is 1. The van der Waals surface area contributed by atoms with Crippen LogP contribution >= 0.6 is 12.2 Å². The zero-order valence-electron chi connectivity index (χ0n) is 14.2. The van der Waals surface area contributed by atoms with Gasteiger partial charge >= 0.3 is 0 Å². The molecule has 0 bridgehead atoms. The van der Waals surface area contributed by atoms with Gasteiger partial charge in [0.2, 0.25) is 5.91 Å². The Hall–Kier alpha value is -2.73. The van der Waals surface area contributed by atoms with Crippen LogP contribution in [-0.2, 0) is 17.8 Å². The number of carbonyl (C=O) groups excluding carboxylic acids is 1. The van der Waals surface area contributed by atoms with E-state index in [9.17, 15) is 9.59 Å². The van der Waals surface area contributed by atoms with Crippen LogP contribution in [0.3, 0.4) is 0 Å². The van der Waals surface area contributed by atoms with Crippen LogP contribution in [-0.4, -0.2) is 15.5 Å². The Morgan fingerprint density at radius 3 is 2.85 bits per heavy atom. The monoisotopic (exact) mass is 365 g/mol. The number of nitrogens with zero attached hydrogens (tertiary/aromatic N) is 1. The van der Waals surface area contributed by atoms with Crippen molar-refractivity contribution in [2.45, 2.75) is 31.8 Å². The van der Waals surface area contributed by atoms with E-state index in [0.29, 0.717) is 10.9 Å². The molecule has 0 radical (unpaired) electrons. The molecule has 0 fully saturated rings. The lowest BCUT2D eigenvalue weighted by Crippen LogP contribution is -2.36. The average Bonchev–Trinajstić information content (AvgIpc) is 2.65. The summed E-state index contributed by atoms with van der Waals surface area (Å²) in [7, 11) is 0. The number of H-pyrrole nitrogens is 1. The molecule has 2 N–H and O–H groups in total. The number of hydrogen-bond acceptors (Lipinski definition) is 3. The smallest absolute Gasteiger partial charge is 0.262 e. The predicted octanol–water partition coefficient (Wildman–Crippen LogP) is 3.25. The van der Waals surface area contributed by atoms with Crippen molar-refractivity contribution in [3.63, 3.8) is 0 Å². The van der Waals surface area contributed by atoms with Gasteiger partial charge < -0.3 is 10.3 Å². The molecular formula is C20H19N3O2S. The molecule has 132 valence electrons. The number of aromatic amines is 1. The summed E-state index contributed by atoms with van der Waals surface area (Å²) in [4.78, 5) is 28.3. The van der Waals surface area contributed by atoms with Crippen molar-refractivity contribution in [3.8, 4) is 0 Å². The highest BCUT2D eigenvalue weighted by atomic mass is 32.1. The number of fused-ring (bicyclic) bond motifs is 2. The second-order valence-electron chi connectivity index (χ2n) is 6.58. The number of rotatable bonds is 3. The highest BCUT2D eigenvalue weighted by Gasteiger charge is 2.21. The van der Waals surface area contributed by atoms with Crippen LogP contribution in [0.2, 0.25) is 0 Å². The first-order chi connectivity index (χ1) is 12.6. The van der Waals surface area contributed by atoms with Crippen molar-refractivity contribution >= 4 is 29.0 Å². The Bertz CT molecular complexity index is 1100. The lowest BCUT2D eigenvalue weighted by atomic mass is 9.88. The van der Waals surface area contributed by atoms with Crippen molar-refractivity contribution in [1.29, 1.82) is 0 Å². The molecule has 1 aliphatic rings. The maximum atomic E-state index is 12.7. The Morgan fingerprint density at radius 1 is 1.19 bits per heavy atom. The minimum Gasteiger partial charge on any atom is -0.348 e. The van der Waals surface area contributed by atoms with E-state index >= 15 is 0 Å². The quantitative estimate of drug-likeness (QED) is 0.700. The Morgan fingerprint density at radius 2 is 1.96 bits per heavy atom. The van der Waals surface area contributed by atoms with Gasteiger partial charge in [0, 0.05) is 0 Å². The van der Waals surface area contributed by atoms with Crippen molar-refractivity contribution in [2.24, 2.45) is 0 Å². The Balaban J connectivity index is 1.59. The van der Waals surface area contributed by atoms with E-state index in [4.69, 9.17) is 12.2 Å². The molecule has 4 rings (SSSR count). The first-order valence-electron chi connectivity index (χ1n) is 8.72. The van der Waals surface area contributed by atoms with Gasteiger partial charge in [0.25, 0.3) is 5.56 Å². The molecular weight excluding hydrogens is 346 g/mol. The second-order valence-corrected chi connectivity index (χ2v) is 6.96. The standard InChI is InChI=1S/C20H19N3O2S/c24-18(21-16-11-5-7-13-6-1-2-8-14(13)16)12-23-19(25)15-9-3-4-10-17(15)22-20(23)26/h1-4,6,8-10,16H,5,7,11-12H2,(H,21,24)(H,22,26)/t16-/m1/s1. The maximum absolute atomic E-state index is 12.7. The van der Waals surface area contributed by atoms with E-state index in [1.807, 2.05) is 18.2 Å². The van der Waals surface area contributed by atoms with E-state index in [1.165, 1.54) is 15.7 Å². The number of benzene rings is 2. The molecule has 0 spiro atoms. The summed E-state index contributed by atoms with van der Waals surface area (Å²) in [5.41, 5.74) is 2.89. The molecule has 1 atom stereocenters. The van der Waals surface area contributed by atoms with Crippen LogP contribution in [0.4, 0.5) is 0 Å². The van der Waals surface area contributed by atoms with Crippen LogP contribution in [0, 0.1) is 4.77 Å². The van der Waals surface area contributed by atoms with Gasteiger partial charge in [-0.1, -0.05) is 36.4 Å². The lowest BCUT2D eigenvalue weighted by molar-refractivity contribution is -0.122. The van der Waals surface area contributed by atoms with Crippen molar-refractivity contribution in [2.75, 3.05) is 0 Å². The number of para-hydroxylation sites is 1. The van der Waals surface area contributed by atoms with Crippen LogP contribution in [0.25, 0.3) is 10.9 Å². The third kappa shape index (κ3) is 3.08. The normalized spacial score (nSPS) is 16.2. The molecule has 2 aromatic carbocycles. The first kappa shape index (κ1) is 16.7. The zero-order chi connectivity index (χ0) is 18.1. The van der Waals surface area contributed by atoms with Gasteiger partial charge in [-0.2, -0.15) is 0 Å². The Kier molecular flexibility index (Phi) is 4.42. The molecule has 0 unspecified atom stereocenters. The van der Waals surface area contributed by atoms with E-state index in [1.54, 1.807) is 18.2 Å². The van der Waals surface area contributed by atoms with Crippen LogP contribution < -0.4 is 10.9 Å². The minimum absolute atomic E-state index is 0.0128. The molecule has 1 aromatic heterocycles. The summed E-state index contributed by atoms with van der Waals surface area (Å²) in [5, 5.41) is 3.59. The largest absolute Gasteiger partial charge is 0.348 e. The fourth-order valence-corrected chi connectivity index (χ4v) is 3.89. The van der Waals surface area contributed by atoms with E-state index in [-0.39, 0.29) is 28.8 Å². The number of aromatic nitrogens is 2. The van der Waals surface area contributed by atoms with Crippen molar-refractivity contribution in [3.05, 3.63) is 74.8 Å². The summed E-state index contributed by atoms with van der Waals surface area (Å²) >= 11 is 5.28. The molecule has 3 aromatic rings. The molecule has 0 saturated heterocycles. The van der Waals surface area contributed by atoms with E-state index < -0.39 is 0 Å². The minimum atomic E-state index is -0.247. The van der Waals surface area contributed by atoms with Gasteiger partial charge in [-0.25, -0.2) is 0 Å². The van der Waals surface area contributed by atoms with Crippen molar-refractivity contribution < 1.29 is 4.79 Å². The second kappa shape index (κ2) is 6.88. The topological polar surface area (TPSA) is 66.9 Å². The van der Waals surface area contributed by atoms with Gasteiger partial charge in [0.15, 0.2) is 4.77 Å². The summed E-state index contributed by atoms with van der Waals surface area (Å²) in [5.74, 6) is -0.205. The molecule has 1 heterocycles. The van der Waals surface area contributed by atoms with E-state index in [0.717, 1.165) is 19.3 Å². The molecule has 0 aliphatic heterocycles. The van der Waals surface area contributed by atoms with Gasteiger partial charge in [0.1, 0.15) is 6.54 Å².